The van der Waals surface area contributed by atoms with Gasteiger partial charge in [0.2, 0.25) is 0 Å². The maximum absolute atomic E-state index is 12.7. The number of allylic oxidation sites excluding steroid dienone is 3. The first kappa shape index (κ1) is 22.9. The van der Waals surface area contributed by atoms with E-state index in [1.807, 2.05) is 42.5 Å². The lowest BCUT2D eigenvalue weighted by Crippen LogP contribution is -2.27. The van der Waals surface area contributed by atoms with Crippen LogP contribution in [0.15, 0.2) is 70.4 Å². The third-order valence-corrected chi connectivity index (χ3v) is 6.64. The quantitative estimate of drug-likeness (QED) is 0.539. The molecule has 0 aliphatic carbocycles. The first-order valence-corrected chi connectivity index (χ1v) is 11.4. The molecule has 1 aliphatic heterocycles. The second kappa shape index (κ2) is 10.00. The van der Waals surface area contributed by atoms with Crippen LogP contribution in [0, 0.1) is 11.3 Å². The van der Waals surface area contributed by atoms with Gasteiger partial charge in [-0.3, -0.25) is 9.59 Å². The molecule has 31 heavy (non-hydrogen) atoms. The summed E-state index contributed by atoms with van der Waals surface area (Å²) in [5.41, 5.74) is 4.08. The summed E-state index contributed by atoms with van der Waals surface area (Å²) in [7, 11) is 0. The average Bonchev–Trinajstić information content (AvgIpc) is 2.77. The number of hydrogen-bond donors (Lipinski definition) is 1. The molecule has 0 aromatic heterocycles. The molecule has 0 spiro atoms. The van der Waals surface area contributed by atoms with Crippen molar-refractivity contribution in [2.24, 2.45) is 0 Å². The SMILES string of the molecule is CCc1ccc(C(=O)CSC2=C(C#N)[C@@H](c3ccccc3Cl)C(C(C)=O)=C(C)N2)cc1. The summed E-state index contributed by atoms with van der Waals surface area (Å²) < 4.78 is 0. The molecule has 3 rings (SSSR count). The maximum Gasteiger partial charge on any atom is 0.173 e. The van der Waals surface area contributed by atoms with Gasteiger partial charge in [-0.05, 0) is 37.5 Å². The number of nitriles is 1. The fourth-order valence-electron chi connectivity index (χ4n) is 3.66. The van der Waals surface area contributed by atoms with Gasteiger partial charge < -0.3 is 5.32 Å². The molecule has 1 aliphatic rings. The number of benzene rings is 2. The molecule has 6 heteroatoms. The van der Waals surface area contributed by atoms with Crippen LogP contribution in [0.25, 0.3) is 0 Å². The van der Waals surface area contributed by atoms with Crippen molar-refractivity contribution in [1.29, 1.82) is 5.26 Å². The van der Waals surface area contributed by atoms with E-state index in [4.69, 9.17) is 11.6 Å². The normalized spacial score (nSPS) is 16.0. The topological polar surface area (TPSA) is 70.0 Å². The maximum atomic E-state index is 12.7. The molecule has 0 saturated carbocycles. The number of nitrogens with zero attached hydrogens (tertiary/aromatic N) is 1. The van der Waals surface area contributed by atoms with Crippen LogP contribution in [0.5, 0.6) is 0 Å². The minimum Gasteiger partial charge on any atom is -0.353 e. The summed E-state index contributed by atoms with van der Waals surface area (Å²) >= 11 is 7.70. The summed E-state index contributed by atoms with van der Waals surface area (Å²) in [4.78, 5) is 25.1. The van der Waals surface area contributed by atoms with E-state index in [1.54, 1.807) is 13.0 Å². The largest absolute Gasteiger partial charge is 0.353 e. The Morgan fingerprint density at radius 1 is 1.16 bits per heavy atom. The average molecular weight is 451 g/mol. The first-order chi connectivity index (χ1) is 14.9. The Balaban J connectivity index is 1.94. The van der Waals surface area contributed by atoms with Crippen molar-refractivity contribution in [3.05, 3.63) is 92.1 Å². The van der Waals surface area contributed by atoms with Crippen LogP contribution in [0.1, 0.15) is 48.2 Å². The molecule has 0 fully saturated rings. The first-order valence-electron chi connectivity index (χ1n) is 9.99. The van der Waals surface area contributed by atoms with E-state index >= 15 is 0 Å². The van der Waals surface area contributed by atoms with E-state index in [9.17, 15) is 14.9 Å². The number of nitrogens with one attached hydrogen (secondary N) is 1. The molecule has 0 saturated heterocycles. The lowest BCUT2D eigenvalue weighted by atomic mass is 9.81. The number of rotatable bonds is 7. The van der Waals surface area contributed by atoms with Gasteiger partial charge in [-0.25, -0.2) is 0 Å². The number of dihydropyridines is 1. The minimum absolute atomic E-state index is 0.0208. The second-order valence-electron chi connectivity index (χ2n) is 7.29. The van der Waals surface area contributed by atoms with Crippen molar-refractivity contribution in [3.8, 4) is 6.07 Å². The second-order valence-corrected chi connectivity index (χ2v) is 8.68. The number of Topliss-reactive ketones (excluding diaryl/α,β-unsaturated/α-hetero) is 2. The fourth-order valence-corrected chi connectivity index (χ4v) is 4.89. The molecule has 0 amide bonds. The molecule has 4 nitrogen and oxygen atoms in total. The molecule has 1 N–H and O–H groups in total. The summed E-state index contributed by atoms with van der Waals surface area (Å²) in [5, 5.41) is 14.2. The van der Waals surface area contributed by atoms with Crippen molar-refractivity contribution >= 4 is 34.9 Å². The number of thioether (sulfide) groups is 1. The summed E-state index contributed by atoms with van der Waals surface area (Å²) in [5.74, 6) is -0.540. The van der Waals surface area contributed by atoms with Crippen molar-refractivity contribution in [2.75, 3.05) is 5.75 Å². The standard InChI is InChI=1S/C25H23ClN2O2S/c1-4-17-9-11-18(12-10-17)22(30)14-31-25-20(13-27)24(19-7-5-6-8-21(19)26)23(16(3)29)15(2)28-25/h5-12,24,28H,4,14H2,1-3H3/t24-/m1/s1. The number of aryl methyl sites for hydroxylation is 1. The highest BCUT2D eigenvalue weighted by Gasteiger charge is 2.34. The minimum atomic E-state index is -0.570. The Morgan fingerprint density at radius 2 is 1.84 bits per heavy atom. The third-order valence-electron chi connectivity index (χ3n) is 5.27. The summed E-state index contributed by atoms with van der Waals surface area (Å²) in [6, 6.07) is 17.1. The molecule has 0 radical (unpaired) electrons. The fraction of sp³-hybridized carbons (Fsp3) is 0.240. The van der Waals surface area contributed by atoms with Gasteiger partial charge in [0.1, 0.15) is 0 Å². The van der Waals surface area contributed by atoms with Gasteiger partial charge in [0.25, 0.3) is 0 Å². The van der Waals surface area contributed by atoms with Crippen LogP contribution in [-0.4, -0.2) is 17.3 Å². The molecule has 2 aromatic rings. The van der Waals surface area contributed by atoms with Crippen molar-refractivity contribution in [2.45, 2.75) is 33.1 Å². The van der Waals surface area contributed by atoms with Gasteiger partial charge >= 0.3 is 0 Å². The van der Waals surface area contributed by atoms with Gasteiger partial charge in [-0.1, -0.05) is 72.8 Å². The molecule has 158 valence electrons. The zero-order valence-corrected chi connectivity index (χ0v) is 19.2. The Bertz CT molecular complexity index is 1130. The molecule has 2 aromatic carbocycles. The van der Waals surface area contributed by atoms with Crippen LogP contribution in [0.2, 0.25) is 5.02 Å². The van der Waals surface area contributed by atoms with E-state index < -0.39 is 5.92 Å². The van der Waals surface area contributed by atoms with Gasteiger partial charge in [-0.15, -0.1) is 0 Å². The van der Waals surface area contributed by atoms with E-state index in [0.29, 0.717) is 38.0 Å². The highest BCUT2D eigenvalue weighted by Crippen LogP contribution is 2.43. The van der Waals surface area contributed by atoms with Crippen LogP contribution >= 0.6 is 23.4 Å². The zero-order chi connectivity index (χ0) is 22.5. The van der Waals surface area contributed by atoms with E-state index in [2.05, 4.69) is 18.3 Å². The Morgan fingerprint density at radius 3 is 2.42 bits per heavy atom. The van der Waals surface area contributed by atoms with Crippen LogP contribution in [0.3, 0.4) is 0 Å². The Labute approximate surface area is 192 Å². The molecule has 0 bridgehead atoms. The third kappa shape index (κ3) is 4.92. The van der Waals surface area contributed by atoms with E-state index in [-0.39, 0.29) is 17.3 Å². The lowest BCUT2D eigenvalue weighted by molar-refractivity contribution is -0.113. The number of hydrogen-bond acceptors (Lipinski definition) is 5. The van der Waals surface area contributed by atoms with Crippen LogP contribution < -0.4 is 5.32 Å². The molecule has 0 unspecified atom stereocenters. The van der Waals surface area contributed by atoms with Gasteiger partial charge in [0.15, 0.2) is 11.6 Å². The van der Waals surface area contributed by atoms with Crippen molar-refractivity contribution in [1.82, 2.24) is 5.32 Å². The predicted octanol–water partition coefficient (Wildman–Crippen LogP) is 5.80. The molecule has 1 atom stereocenters. The molecule has 1 heterocycles. The Kier molecular flexibility index (Phi) is 7.37. The highest BCUT2D eigenvalue weighted by atomic mass is 35.5. The van der Waals surface area contributed by atoms with Crippen molar-refractivity contribution < 1.29 is 9.59 Å². The van der Waals surface area contributed by atoms with E-state index in [0.717, 1.165) is 6.42 Å². The highest BCUT2D eigenvalue weighted by molar-refractivity contribution is 8.03. The monoisotopic (exact) mass is 450 g/mol. The van der Waals surface area contributed by atoms with E-state index in [1.165, 1.54) is 24.2 Å². The summed E-state index contributed by atoms with van der Waals surface area (Å²) in [6.07, 6.45) is 0.916. The smallest absolute Gasteiger partial charge is 0.173 e. The predicted molar refractivity (Wildman–Crippen MR) is 126 cm³/mol. The van der Waals surface area contributed by atoms with Gasteiger partial charge in [0, 0.05) is 21.9 Å². The van der Waals surface area contributed by atoms with Crippen LogP contribution in [0.4, 0.5) is 0 Å². The Hall–Kier alpha value is -2.81. The number of carbonyl (C=O) groups excluding carboxylic acids is 2. The summed E-state index contributed by atoms with van der Waals surface area (Å²) in [6.45, 7) is 5.36. The molecular formula is C25H23ClN2O2S. The number of halogens is 1. The molecular weight excluding hydrogens is 428 g/mol. The van der Waals surface area contributed by atoms with Gasteiger partial charge in [-0.2, -0.15) is 5.26 Å². The van der Waals surface area contributed by atoms with Gasteiger partial charge in [0.05, 0.1) is 28.3 Å². The zero-order valence-electron chi connectivity index (χ0n) is 17.7. The van der Waals surface area contributed by atoms with Crippen molar-refractivity contribution in [3.63, 3.8) is 0 Å². The lowest BCUT2D eigenvalue weighted by Gasteiger charge is -2.29. The number of carbonyl (C=O) groups is 2. The number of ketones is 2. The van der Waals surface area contributed by atoms with Crippen LogP contribution in [-0.2, 0) is 11.2 Å².